The molecule has 0 spiro atoms. The molecule has 0 bridgehead atoms. The first kappa shape index (κ1) is 22.5. The first-order valence-electron chi connectivity index (χ1n) is 9.68. The highest BCUT2D eigenvalue weighted by atomic mass is 19.4. The zero-order chi connectivity index (χ0) is 22.6. The monoisotopic (exact) mass is 436 g/mol. The Bertz CT molecular complexity index is 962. The largest absolute Gasteiger partial charge is 0.493 e. The SMILES string of the molecule is COc1ccc(CCN2CC(C(=O)Nc3cccc(C(F)(F)F)c3)CC2=O)cc1OC. The quantitative estimate of drug-likeness (QED) is 0.718. The Morgan fingerprint density at radius 1 is 1.13 bits per heavy atom. The lowest BCUT2D eigenvalue weighted by molar-refractivity contribution is -0.137. The summed E-state index contributed by atoms with van der Waals surface area (Å²) >= 11 is 0. The normalized spacial score (nSPS) is 16.4. The summed E-state index contributed by atoms with van der Waals surface area (Å²) in [5.74, 6) is -0.0562. The number of likely N-dealkylation sites (tertiary alicyclic amines) is 1. The van der Waals surface area contributed by atoms with Crippen molar-refractivity contribution in [2.75, 3.05) is 32.6 Å². The van der Waals surface area contributed by atoms with E-state index < -0.39 is 23.6 Å². The van der Waals surface area contributed by atoms with Gasteiger partial charge in [-0.25, -0.2) is 0 Å². The zero-order valence-electron chi connectivity index (χ0n) is 17.2. The van der Waals surface area contributed by atoms with Crippen molar-refractivity contribution in [1.29, 1.82) is 0 Å². The van der Waals surface area contributed by atoms with Crippen LogP contribution in [0.3, 0.4) is 0 Å². The lowest BCUT2D eigenvalue weighted by Crippen LogP contribution is -2.30. The Balaban J connectivity index is 1.58. The van der Waals surface area contributed by atoms with E-state index in [4.69, 9.17) is 9.47 Å². The van der Waals surface area contributed by atoms with Crippen LogP contribution >= 0.6 is 0 Å². The van der Waals surface area contributed by atoms with Crippen LogP contribution in [-0.2, 0) is 22.2 Å². The number of carbonyl (C=O) groups is 2. The molecule has 0 aliphatic carbocycles. The Labute approximate surface area is 177 Å². The summed E-state index contributed by atoms with van der Waals surface area (Å²) in [6, 6.07) is 9.92. The maximum Gasteiger partial charge on any atom is 0.416 e. The summed E-state index contributed by atoms with van der Waals surface area (Å²) in [6.07, 6.45) is -3.91. The van der Waals surface area contributed by atoms with Gasteiger partial charge in [0.2, 0.25) is 11.8 Å². The predicted octanol–water partition coefficient (Wildman–Crippen LogP) is 3.75. The molecule has 1 aliphatic heterocycles. The minimum atomic E-state index is -4.50. The highest BCUT2D eigenvalue weighted by Crippen LogP contribution is 2.31. The third kappa shape index (κ3) is 5.48. The highest BCUT2D eigenvalue weighted by molar-refractivity contribution is 5.97. The Morgan fingerprint density at radius 2 is 1.87 bits per heavy atom. The lowest BCUT2D eigenvalue weighted by atomic mass is 10.1. The van der Waals surface area contributed by atoms with Gasteiger partial charge in [-0.1, -0.05) is 12.1 Å². The van der Waals surface area contributed by atoms with Crippen LogP contribution < -0.4 is 14.8 Å². The van der Waals surface area contributed by atoms with E-state index in [0.29, 0.717) is 24.5 Å². The average Bonchev–Trinajstić information content (AvgIpc) is 3.12. The molecule has 1 saturated heterocycles. The summed E-state index contributed by atoms with van der Waals surface area (Å²) < 4.78 is 49.0. The first-order valence-corrected chi connectivity index (χ1v) is 9.68. The van der Waals surface area contributed by atoms with Gasteiger partial charge < -0.3 is 19.7 Å². The van der Waals surface area contributed by atoms with Gasteiger partial charge in [-0.15, -0.1) is 0 Å². The maximum absolute atomic E-state index is 12.8. The molecule has 166 valence electrons. The van der Waals surface area contributed by atoms with Gasteiger partial charge in [0.25, 0.3) is 0 Å². The van der Waals surface area contributed by atoms with Crippen LogP contribution in [0.25, 0.3) is 0 Å². The molecule has 0 aromatic heterocycles. The summed E-state index contributed by atoms with van der Waals surface area (Å²) in [4.78, 5) is 26.4. The number of halogens is 3. The van der Waals surface area contributed by atoms with Crippen LogP contribution in [0.2, 0.25) is 0 Å². The predicted molar refractivity (Wildman–Crippen MR) is 108 cm³/mol. The smallest absolute Gasteiger partial charge is 0.416 e. The van der Waals surface area contributed by atoms with Gasteiger partial charge in [0.15, 0.2) is 11.5 Å². The number of rotatable bonds is 7. The van der Waals surface area contributed by atoms with E-state index in [2.05, 4.69) is 5.32 Å². The number of anilines is 1. The molecule has 1 unspecified atom stereocenters. The van der Waals surface area contributed by atoms with Gasteiger partial charge in [0.1, 0.15) is 0 Å². The summed E-state index contributed by atoms with van der Waals surface area (Å²) in [6.45, 7) is 0.637. The van der Waals surface area contributed by atoms with E-state index in [1.807, 2.05) is 12.1 Å². The van der Waals surface area contributed by atoms with Crippen molar-refractivity contribution in [2.45, 2.75) is 19.0 Å². The first-order chi connectivity index (χ1) is 14.7. The van der Waals surface area contributed by atoms with E-state index in [9.17, 15) is 22.8 Å². The van der Waals surface area contributed by atoms with Crippen LogP contribution in [0, 0.1) is 5.92 Å². The third-order valence-electron chi connectivity index (χ3n) is 5.16. The molecular formula is C22H23F3N2O4. The molecule has 0 saturated carbocycles. The number of benzene rings is 2. The van der Waals surface area contributed by atoms with Crippen molar-refractivity contribution in [3.63, 3.8) is 0 Å². The number of nitrogens with one attached hydrogen (secondary N) is 1. The fourth-order valence-corrected chi connectivity index (χ4v) is 3.48. The minimum absolute atomic E-state index is 0.0245. The van der Waals surface area contributed by atoms with E-state index in [1.54, 1.807) is 25.2 Å². The minimum Gasteiger partial charge on any atom is -0.493 e. The van der Waals surface area contributed by atoms with Crippen molar-refractivity contribution in [1.82, 2.24) is 4.90 Å². The summed E-state index contributed by atoms with van der Waals surface area (Å²) in [5, 5.41) is 2.49. The molecule has 1 aliphatic rings. The number of carbonyl (C=O) groups excluding carboxylic acids is 2. The van der Waals surface area contributed by atoms with Crippen LogP contribution in [0.1, 0.15) is 17.5 Å². The van der Waals surface area contributed by atoms with Crippen LogP contribution in [-0.4, -0.2) is 44.0 Å². The van der Waals surface area contributed by atoms with Gasteiger partial charge in [0.05, 0.1) is 25.7 Å². The van der Waals surface area contributed by atoms with Crippen molar-refractivity contribution in [3.05, 3.63) is 53.6 Å². The Kier molecular flexibility index (Phi) is 6.72. The van der Waals surface area contributed by atoms with Crippen LogP contribution in [0.4, 0.5) is 18.9 Å². The van der Waals surface area contributed by atoms with Gasteiger partial charge in [0, 0.05) is 25.2 Å². The van der Waals surface area contributed by atoms with Crippen LogP contribution in [0.15, 0.2) is 42.5 Å². The molecule has 6 nitrogen and oxygen atoms in total. The van der Waals surface area contributed by atoms with E-state index in [-0.39, 0.29) is 24.6 Å². The fraction of sp³-hybridized carbons (Fsp3) is 0.364. The van der Waals surface area contributed by atoms with Crippen LogP contribution in [0.5, 0.6) is 11.5 Å². The third-order valence-corrected chi connectivity index (χ3v) is 5.16. The molecule has 9 heteroatoms. The molecule has 1 N–H and O–H groups in total. The molecular weight excluding hydrogens is 413 g/mol. The number of amides is 2. The van der Waals surface area contributed by atoms with Gasteiger partial charge in [-0.3, -0.25) is 9.59 Å². The molecule has 2 amide bonds. The summed E-state index contributed by atoms with van der Waals surface area (Å²) in [5.41, 5.74) is 0.155. The summed E-state index contributed by atoms with van der Waals surface area (Å²) in [7, 11) is 3.09. The topological polar surface area (TPSA) is 67.9 Å². The number of methoxy groups -OCH3 is 2. The second-order valence-electron chi connectivity index (χ2n) is 7.25. The average molecular weight is 436 g/mol. The second kappa shape index (κ2) is 9.28. The molecule has 2 aromatic rings. The van der Waals surface area contributed by atoms with Crippen molar-refractivity contribution >= 4 is 17.5 Å². The number of nitrogens with zero attached hydrogens (tertiary/aromatic N) is 1. The molecule has 1 heterocycles. The van der Waals surface area contributed by atoms with Crippen molar-refractivity contribution in [3.8, 4) is 11.5 Å². The maximum atomic E-state index is 12.8. The molecule has 0 radical (unpaired) electrons. The number of hydrogen-bond donors (Lipinski definition) is 1. The zero-order valence-corrected chi connectivity index (χ0v) is 17.2. The van der Waals surface area contributed by atoms with Crippen molar-refractivity contribution in [2.24, 2.45) is 5.92 Å². The lowest BCUT2D eigenvalue weighted by Gasteiger charge is -2.17. The van der Waals surface area contributed by atoms with E-state index in [0.717, 1.165) is 17.7 Å². The highest BCUT2D eigenvalue weighted by Gasteiger charge is 2.35. The van der Waals surface area contributed by atoms with Gasteiger partial charge >= 0.3 is 6.18 Å². The van der Waals surface area contributed by atoms with Gasteiger partial charge in [-0.05, 0) is 42.3 Å². The molecule has 1 fully saturated rings. The number of hydrogen-bond acceptors (Lipinski definition) is 4. The standard InChI is InChI=1S/C22H23F3N2O4/c1-30-18-7-6-14(10-19(18)31-2)8-9-27-13-15(11-20(27)28)21(29)26-17-5-3-4-16(12-17)22(23,24)25/h3-7,10,12,15H,8-9,11,13H2,1-2H3,(H,26,29). The number of ether oxygens (including phenoxy) is 2. The molecule has 1 atom stereocenters. The van der Waals surface area contributed by atoms with Gasteiger partial charge in [-0.2, -0.15) is 13.2 Å². The molecule has 3 rings (SSSR count). The Morgan fingerprint density at radius 3 is 2.55 bits per heavy atom. The second-order valence-corrected chi connectivity index (χ2v) is 7.25. The fourth-order valence-electron chi connectivity index (χ4n) is 3.48. The van der Waals surface area contributed by atoms with Crippen molar-refractivity contribution < 1.29 is 32.2 Å². The van der Waals surface area contributed by atoms with E-state index >= 15 is 0 Å². The van der Waals surface area contributed by atoms with E-state index in [1.165, 1.54) is 12.1 Å². The Hall–Kier alpha value is -3.23. The number of alkyl halides is 3. The molecule has 31 heavy (non-hydrogen) atoms. The molecule has 2 aromatic carbocycles.